The van der Waals surface area contributed by atoms with E-state index in [4.69, 9.17) is 14.5 Å². The molecule has 29 heavy (non-hydrogen) atoms. The highest BCUT2D eigenvalue weighted by Gasteiger charge is 2.38. The van der Waals surface area contributed by atoms with Gasteiger partial charge in [0, 0.05) is 43.8 Å². The van der Waals surface area contributed by atoms with E-state index < -0.39 is 0 Å². The molecule has 0 aliphatic carbocycles. The van der Waals surface area contributed by atoms with Gasteiger partial charge in [-0.3, -0.25) is 4.99 Å². The van der Waals surface area contributed by atoms with Crippen LogP contribution in [-0.4, -0.2) is 57.4 Å². The highest BCUT2D eigenvalue weighted by molar-refractivity contribution is 14.0. The molecule has 0 saturated carbocycles. The molecular weight excluding hydrogens is 477 g/mol. The van der Waals surface area contributed by atoms with Gasteiger partial charge in [-0.1, -0.05) is 31.5 Å². The number of aliphatic imine (C=N–C) groups is 1. The predicted molar refractivity (Wildman–Crippen MR) is 131 cm³/mol. The summed E-state index contributed by atoms with van der Waals surface area (Å²) in [5.41, 5.74) is 2.86. The van der Waals surface area contributed by atoms with Crippen LogP contribution in [-0.2, 0) is 10.2 Å². The van der Waals surface area contributed by atoms with Crippen molar-refractivity contribution in [2.75, 3.05) is 46.5 Å². The van der Waals surface area contributed by atoms with E-state index in [9.17, 15) is 0 Å². The average molecular weight is 515 g/mol. The maximum absolute atomic E-state index is 5.74. The van der Waals surface area contributed by atoms with Crippen molar-refractivity contribution in [3.8, 4) is 5.75 Å². The van der Waals surface area contributed by atoms with Gasteiger partial charge in [-0.2, -0.15) is 0 Å². The minimum Gasteiger partial charge on any atom is -0.496 e. The summed E-state index contributed by atoms with van der Waals surface area (Å²) in [7, 11) is 1.76. The van der Waals surface area contributed by atoms with E-state index in [1.807, 2.05) is 0 Å². The Morgan fingerprint density at radius 2 is 1.97 bits per heavy atom. The van der Waals surface area contributed by atoms with Crippen LogP contribution in [0.1, 0.15) is 51.2 Å². The zero-order valence-corrected chi connectivity index (χ0v) is 21.0. The molecule has 1 aromatic rings. The van der Waals surface area contributed by atoms with Gasteiger partial charge in [0.15, 0.2) is 5.96 Å². The minimum absolute atomic E-state index is 0. The largest absolute Gasteiger partial charge is 0.496 e. The van der Waals surface area contributed by atoms with Crippen molar-refractivity contribution in [1.29, 1.82) is 0 Å². The van der Waals surface area contributed by atoms with Crippen molar-refractivity contribution in [3.05, 3.63) is 29.3 Å². The topological polar surface area (TPSA) is 46.1 Å². The first-order valence-corrected chi connectivity index (χ1v) is 10.7. The molecule has 0 aromatic heterocycles. The van der Waals surface area contributed by atoms with E-state index in [1.165, 1.54) is 17.5 Å². The molecule has 164 valence electrons. The van der Waals surface area contributed by atoms with Crippen molar-refractivity contribution < 1.29 is 9.47 Å². The molecular formula is C23H38IN3O2. The van der Waals surface area contributed by atoms with Crippen LogP contribution in [0.2, 0.25) is 0 Å². The first kappa shape index (κ1) is 24.3. The molecule has 0 bridgehead atoms. The molecule has 1 N–H and O–H groups in total. The van der Waals surface area contributed by atoms with Crippen molar-refractivity contribution in [2.24, 2.45) is 10.4 Å². The molecule has 5 nitrogen and oxygen atoms in total. The fourth-order valence-corrected chi connectivity index (χ4v) is 4.46. The summed E-state index contributed by atoms with van der Waals surface area (Å²) in [6, 6.07) is 6.50. The van der Waals surface area contributed by atoms with E-state index in [0.717, 1.165) is 63.9 Å². The molecule has 6 heteroatoms. The molecule has 2 aliphatic heterocycles. The molecule has 2 heterocycles. The third-order valence-corrected chi connectivity index (χ3v) is 6.22. The van der Waals surface area contributed by atoms with Gasteiger partial charge in [0.2, 0.25) is 0 Å². The fraction of sp³-hybridized carbons (Fsp3) is 0.696. The summed E-state index contributed by atoms with van der Waals surface area (Å²) in [5.74, 6) is 2.01. The van der Waals surface area contributed by atoms with Crippen LogP contribution in [0.4, 0.5) is 0 Å². The first-order valence-electron chi connectivity index (χ1n) is 10.7. The zero-order chi connectivity index (χ0) is 20.2. The summed E-state index contributed by atoms with van der Waals surface area (Å²) >= 11 is 0. The Labute approximate surface area is 193 Å². The van der Waals surface area contributed by atoms with E-state index in [2.05, 4.69) is 56.1 Å². The summed E-state index contributed by atoms with van der Waals surface area (Å²) in [5, 5.41) is 3.52. The monoisotopic (exact) mass is 515 g/mol. The van der Waals surface area contributed by atoms with Crippen LogP contribution >= 0.6 is 24.0 Å². The van der Waals surface area contributed by atoms with E-state index in [1.54, 1.807) is 7.11 Å². The van der Waals surface area contributed by atoms with Crippen molar-refractivity contribution in [2.45, 2.75) is 52.4 Å². The van der Waals surface area contributed by atoms with Gasteiger partial charge < -0.3 is 19.7 Å². The number of hydrogen-bond donors (Lipinski definition) is 1. The number of methoxy groups -OCH3 is 1. The van der Waals surface area contributed by atoms with Gasteiger partial charge >= 0.3 is 0 Å². The molecule has 0 spiro atoms. The number of ether oxygens (including phenoxy) is 2. The van der Waals surface area contributed by atoms with E-state index >= 15 is 0 Å². The molecule has 0 unspecified atom stereocenters. The number of likely N-dealkylation sites (tertiary alicyclic amines) is 1. The van der Waals surface area contributed by atoms with Crippen LogP contribution in [0.5, 0.6) is 5.75 Å². The maximum Gasteiger partial charge on any atom is 0.193 e. The standard InChI is InChI=1S/C23H37N3O2.HI/c1-6-24-21(26-12-9-22(3,4)17-26)25-16-23(10-13-28-14-11-23)19-15-18(2)7-8-20(19)27-5;/h7-8,15H,6,9-14,16-17H2,1-5H3,(H,24,25);1H. The van der Waals surface area contributed by atoms with Crippen molar-refractivity contribution in [1.82, 2.24) is 10.2 Å². The number of nitrogens with zero attached hydrogens (tertiary/aromatic N) is 2. The van der Waals surface area contributed by atoms with Crippen LogP contribution in [0, 0.1) is 12.3 Å². The molecule has 2 saturated heterocycles. The quantitative estimate of drug-likeness (QED) is 0.360. The lowest BCUT2D eigenvalue weighted by molar-refractivity contribution is 0.0522. The number of hydrogen-bond acceptors (Lipinski definition) is 3. The minimum atomic E-state index is -0.0362. The molecule has 0 atom stereocenters. The molecule has 1 aromatic carbocycles. The van der Waals surface area contributed by atoms with Gasteiger partial charge in [-0.05, 0) is 44.6 Å². The Morgan fingerprint density at radius 1 is 1.24 bits per heavy atom. The van der Waals surface area contributed by atoms with Crippen LogP contribution in [0.25, 0.3) is 0 Å². The van der Waals surface area contributed by atoms with Crippen molar-refractivity contribution in [3.63, 3.8) is 0 Å². The fourth-order valence-electron chi connectivity index (χ4n) is 4.46. The number of aryl methyl sites for hydroxylation is 1. The third kappa shape index (κ3) is 5.78. The second-order valence-electron chi connectivity index (χ2n) is 9.10. The maximum atomic E-state index is 5.74. The number of rotatable bonds is 5. The molecule has 2 aliphatic rings. The summed E-state index contributed by atoms with van der Waals surface area (Å²) in [4.78, 5) is 7.58. The smallest absolute Gasteiger partial charge is 0.193 e. The zero-order valence-electron chi connectivity index (χ0n) is 18.7. The second-order valence-corrected chi connectivity index (χ2v) is 9.10. The average Bonchev–Trinajstić information content (AvgIpc) is 3.05. The molecule has 3 rings (SSSR count). The number of halogens is 1. The van der Waals surface area contributed by atoms with E-state index in [0.29, 0.717) is 5.41 Å². The lowest BCUT2D eigenvalue weighted by Gasteiger charge is -2.38. The van der Waals surface area contributed by atoms with Gasteiger partial charge in [-0.15, -0.1) is 24.0 Å². The highest BCUT2D eigenvalue weighted by Crippen LogP contribution is 2.41. The third-order valence-electron chi connectivity index (χ3n) is 6.22. The van der Waals surface area contributed by atoms with Gasteiger partial charge in [0.05, 0.1) is 13.7 Å². The Hall–Kier alpha value is -1.02. The van der Waals surface area contributed by atoms with E-state index in [-0.39, 0.29) is 29.4 Å². The Bertz CT molecular complexity index is 699. The number of guanidine groups is 1. The van der Waals surface area contributed by atoms with Crippen LogP contribution in [0.15, 0.2) is 23.2 Å². The predicted octanol–water partition coefficient (Wildman–Crippen LogP) is 4.37. The van der Waals surface area contributed by atoms with Gasteiger partial charge in [-0.25, -0.2) is 0 Å². The van der Waals surface area contributed by atoms with Crippen LogP contribution in [0.3, 0.4) is 0 Å². The lowest BCUT2D eigenvalue weighted by atomic mass is 9.73. The Kier molecular flexibility index (Phi) is 8.64. The summed E-state index contributed by atoms with van der Waals surface area (Å²) in [6.07, 6.45) is 3.16. The second kappa shape index (κ2) is 10.3. The molecule has 0 radical (unpaired) electrons. The summed E-state index contributed by atoms with van der Waals surface area (Å²) < 4.78 is 11.5. The Balaban J connectivity index is 0.00000300. The Morgan fingerprint density at radius 3 is 2.55 bits per heavy atom. The SMILES string of the molecule is CCNC(=NCC1(c2cc(C)ccc2OC)CCOCC1)N1CCC(C)(C)C1.I. The lowest BCUT2D eigenvalue weighted by Crippen LogP contribution is -2.43. The first-order chi connectivity index (χ1) is 13.4. The number of nitrogens with one attached hydrogen (secondary N) is 1. The highest BCUT2D eigenvalue weighted by atomic mass is 127. The van der Waals surface area contributed by atoms with Crippen molar-refractivity contribution >= 4 is 29.9 Å². The molecule has 2 fully saturated rings. The summed E-state index contributed by atoms with van der Waals surface area (Å²) in [6.45, 7) is 14.3. The number of benzene rings is 1. The normalized spacial score (nSPS) is 20.9. The van der Waals surface area contributed by atoms with Gasteiger partial charge in [0.25, 0.3) is 0 Å². The molecule has 0 amide bonds. The van der Waals surface area contributed by atoms with Gasteiger partial charge in [0.1, 0.15) is 5.75 Å². The van der Waals surface area contributed by atoms with Crippen LogP contribution < -0.4 is 10.1 Å².